The molecule has 0 bridgehead atoms. The standard InChI is InChI=1S/C75H143NO5/c1-3-5-7-9-11-13-15-17-18-41-45-49-53-57-61-65-69-75(80)81-70-66-62-58-54-50-46-42-39-37-35-33-31-29-27-25-23-21-19-20-22-24-26-28-30-32-34-36-38-40-44-48-52-56-60-64-68-74(79)76-72(71-77)73(78)67-63-59-55-51-47-43-16-14-12-10-8-6-4-2/h13,15,18,41,63,67,72-73,77-78H,3-12,14,16-17,19-40,42-62,64-66,68-71H2,1-2H3,(H,76,79)/b15-13-,41-18-,67-63+. The van der Waals surface area contributed by atoms with Crippen molar-refractivity contribution in [1.29, 1.82) is 0 Å². The van der Waals surface area contributed by atoms with Gasteiger partial charge in [-0.25, -0.2) is 0 Å². The minimum Gasteiger partial charge on any atom is -0.466 e. The van der Waals surface area contributed by atoms with Crippen LogP contribution in [0.5, 0.6) is 0 Å². The molecule has 0 heterocycles. The van der Waals surface area contributed by atoms with Gasteiger partial charge < -0.3 is 20.3 Å². The number of hydrogen-bond donors (Lipinski definition) is 3. The van der Waals surface area contributed by atoms with Crippen LogP contribution in [-0.2, 0) is 14.3 Å². The molecule has 6 nitrogen and oxygen atoms in total. The number of rotatable bonds is 69. The zero-order valence-electron chi connectivity index (χ0n) is 54.8. The van der Waals surface area contributed by atoms with E-state index in [1.54, 1.807) is 6.08 Å². The molecule has 0 radical (unpaired) electrons. The second-order valence-electron chi connectivity index (χ2n) is 25.3. The lowest BCUT2D eigenvalue weighted by atomic mass is 10.0. The number of aliphatic hydroxyl groups is 2. The zero-order chi connectivity index (χ0) is 58.5. The number of allylic oxidation sites excluding steroid dienone is 5. The molecular formula is C75H143NO5. The molecule has 81 heavy (non-hydrogen) atoms. The van der Waals surface area contributed by atoms with E-state index in [2.05, 4.69) is 43.5 Å². The first-order valence-electron chi connectivity index (χ1n) is 36.8. The number of carbonyl (C=O) groups is 2. The highest BCUT2D eigenvalue weighted by Gasteiger charge is 2.18. The fraction of sp³-hybridized carbons (Fsp3) is 0.893. The molecule has 1 amide bonds. The Bertz CT molecular complexity index is 1310. The van der Waals surface area contributed by atoms with E-state index in [1.165, 1.54) is 327 Å². The number of amides is 1. The molecule has 6 heteroatoms. The summed E-state index contributed by atoms with van der Waals surface area (Å²) in [6, 6.07) is -0.623. The molecule has 0 aliphatic carbocycles. The SMILES string of the molecule is CCCCCC/C=C\C/C=C\CCCCCCCC(=O)OCCCCCCCCCCCCCCCCCCCCCCCCCCCCCCCCCCCCCC(=O)NC(CO)C(O)/C=C/CCCCCCCCCCCCC. The van der Waals surface area contributed by atoms with E-state index in [1.807, 2.05) is 6.08 Å². The number of nitrogens with one attached hydrogen (secondary N) is 1. The van der Waals surface area contributed by atoms with Crippen LogP contribution >= 0.6 is 0 Å². The van der Waals surface area contributed by atoms with E-state index in [9.17, 15) is 19.8 Å². The molecule has 0 aromatic heterocycles. The third-order valence-electron chi connectivity index (χ3n) is 17.2. The van der Waals surface area contributed by atoms with Gasteiger partial charge in [0.1, 0.15) is 0 Å². The average molecular weight is 1140 g/mol. The van der Waals surface area contributed by atoms with Gasteiger partial charge in [0.2, 0.25) is 5.91 Å². The molecule has 0 saturated heterocycles. The third kappa shape index (κ3) is 67.1. The maximum Gasteiger partial charge on any atom is 0.305 e. The number of hydrogen-bond acceptors (Lipinski definition) is 5. The summed E-state index contributed by atoms with van der Waals surface area (Å²) in [5, 5.41) is 23.1. The molecular weight excluding hydrogens is 995 g/mol. The molecule has 2 atom stereocenters. The Morgan fingerprint density at radius 3 is 0.951 bits per heavy atom. The van der Waals surface area contributed by atoms with Gasteiger partial charge in [-0.05, 0) is 64.2 Å². The van der Waals surface area contributed by atoms with Gasteiger partial charge in [-0.15, -0.1) is 0 Å². The molecule has 0 aliphatic rings. The summed E-state index contributed by atoms with van der Waals surface area (Å²) in [5.41, 5.74) is 0. The first-order chi connectivity index (χ1) is 40.0. The molecule has 0 fully saturated rings. The van der Waals surface area contributed by atoms with E-state index < -0.39 is 12.1 Å². The first kappa shape index (κ1) is 79.1. The Labute approximate surface area is 506 Å². The van der Waals surface area contributed by atoms with Crippen molar-refractivity contribution in [3.05, 3.63) is 36.5 Å². The van der Waals surface area contributed by atoms with Gasteiger partial charge in [-0.3, -0.25) is 9.59 Å². The van der Waals surface area contributed by atoms with Gasteiger partial charge in [-0.1, -0.05) is 365 Å². The molecule has 0 spiro atoms. The van der Waals surface area contributed by atoms with Crippen LogP contribution in [0.4, 0.5) is 0 Å². The van der Waals surface area contributed by atoms with Gasteiger partial charge in [0.15, 0.2) is 0 Å². The van der Waals surface area contributed by atoms with E-state index in [0.29, 0.717) is 19.4 Å². The van der Waals surface area contributed by atoms with Crippen molar-refractivity contribution in [1.82, 2.24) is 5.32 Å². The van der Waals surface area contributed by atoms with Crippen molar-refractivity contribution < 1.29 is 24.5 Å². The smallest absolute Gasteiger partial charge is 0.305 e. The summed E-state index contributed by atoms with van der Waals surface area (Å²) in [4.78, 5) is 24.6. The second-order valence-corrected chi connectivity index (χ2v) is 25.3. The molecule has 0 aromatic rings. The minimum atomic E-state index is -0.840. The van der Waals surface area contributed by atoms with Crippen LogP contribution in [0.3, 0.4) is 0 Å². The summed E-state index contributed by atoms with van der Waals surface area (Å²) in [7, 11) is 0. The molecule has 0 aliphatic heterocycles. The van der Waals surface area contributed by atoms with Crippen LogP contribution in [0, 0.1) is 0 Å². The highest BCUT2D eigenvalue weighted by Crippen LogP contribution is 2.19. The van der Waals surface area contributed by atoms with Crippen molar-refractivity contribution >= 4 is 11.9 Å². The van der Waals surface area contributed by atoms with Gasteiger partial charge in [0, 0.05) is 12.8 Å². The van der Waals surface area contributed by atoms with E-state index >= 15 is 0 Å². The Kier molecular flexibility index (Phi) is 68.9. The Balaban J connectivity index is 3.31. The van der Waals surface area contributed by atoms with Crippen LogP contribution in [0.25, 0.3) is 0 Å². The summed E-state index contributed by atoms with van der Waals surface area (Å²) in [5.74, 6) is -0.0520. The normalized spacial score (nSPS) is 12.7. The fourth-order valence-electron chi connectivity index (χ4n) is 11.6. The predicted molar refractivity (Wildman–Crippen MR) is 356 cm³/mol. The zero-order valence-corrected chi connectivity index (χ0v) is 54.8. The highest BCUT2D eigenvalue weighted by atomic mass is 16.5. The van der Waals surface area contributed by atoms with Crippen LogP contribution in [0.2, 0.25) is 0 Å². The van der Waals surface area contributed by atoms with Gasteiger partial charge in [0.05, 0.1) is 25.4 Å². The molecule has 478 valence electrons. The second kappa shape index (κ2) is 70.6. The lowest BCUT2D eigenvalue weighted by Crippen LogP contribution is -2.45. The number of esters is 1. The summed E-state index contributed by atoms with van der Waals surface area (Å²) in [6.45, 7) is 4.91. The fourth-order valence-corrected chi connectivity index (χ4v) is 11.6. The molecule has 0 aromatic carbocycles. The number of aliphatic hydroxyl groups excluding tert-OH is 2. The average Bonchev–Trinajstić information content (AvgIpc) is 3.47. The largest absolute Gasteiger partial charge is 0.466 e. The highest BCUT2D eigenvalue weighted by molar-refractivity contribution is 5.76. The Hall–Kier alpha value is -1.92. The lowest BCUT2D eigenvalue weighted by Gasteiger charge is -2.20. The van der Waals surface area contributed by atoms with Crippen molar-refractivity contribution in [2.45, 2.75) is 418 Å². The summed E-state index contributed by atoms with van der Waals surface area (Å²) in [6.07, 6.45) is 91.1. The van der Waals surface area contributed by atoms with Crippen LogP contribution in [-0.4, -0.2) is 47.4 Å². The summed E-state index contributed by atoms with van der Waals surface area (Å²) < 4.78 is 5.50. The summed E-state index contributed by atoms with van der Waals surface area (Å²) >= 11 is 0. The van der Waals surface area contributed by atoms with Gasteiger partial charge in [-0.2, -0.15) is 0 Å². The maximum absolute atomic E-state index is 12.5. The molecule has 0 rings (SSSR count). The topological polar surface area (TPSA) is 95.9 Å². The van der Waals surface area contributed by atoms with Crippen LogP contribution < -0.4 is 5.32 Å². The van der Waals surface area contributed by atoms with E-state index in [-0.39, 0.29) is 18.5 Å². The minimum absolute atomic E-state index is 0.00920. The van der Waals surface area contributed by atoms with Crippen molar-refractivity contribution in [2.75, 3.05) is 13.2 Å². The van der Waals surface area contributed by atoms with E-state index in [0.717, 1.165) is 51.4 Å². The van der Waals surface area contributed by atoms with Crippen molar-refractivity contribution in [3.8, 4) is 0 Å². The number of ether oxygens (including phenoxy) is 1. The first-order valence-corrected chi connectivity index (χ1v) is 36.8. The Morgan fingerprint density at radius 2 is 0.617 bits per heavy atom. The predicted octanol–water partition coefficient (Wildman–Crippen LogP) is 23.9. The molecule has 0 saturated carbocycles. The Morgan fingerprint density at radius 1 is 0.346 bits per heavy atom. The lowest BCUT2D eigenvalue weighted by molar-refractivity contribution is -0.143. The molecule has 3 N–H and O–H groups in total. The van der Waals surface area contributed by atoms with Crippen LogP contribution in [0.15, 0.2) is 36.5 Å². The van der Waals surface area contributed by atoms with Crippen molar-refractivity contribution in [3.63, 3.8) is 0 Å². The third-order valence-corrected chi connectivity index (χ3v) is 17.2. The maximum atomic E-state index is 12.5. The van der Waals surface area contributed by atoms with E-state index in [4.69, 9.17) is 4.74 Å². The number of unbranched alkanes of at least 4 members (excludes halogenated alkanes) is 54. The monoisotopic (exact) mass is 1140 g/mol. The quantitative estimate of drug-likeness (QED) is 0.0320. The van der Waals surface area contributed by atoms with Gasteiger partial charge in [0.25, 0.3) is 0 Å². The molecule has 2 unspecified atom stereocenters. The van der Waals surface area contributed by atoms with Crippen LogP contribution in [0.1, 0.15) is 406 Å². The number of carbonyl (C=O) groups excluding carboxylic acids is 2. The van der Waals surface area contributed by atoms with Gasteiger partial charge >= 0.3 is 5.97 Å². The van der Waals surface area contributed by atoms with Crippen molar-refractivity contribution in [2.24, 2.45) is 0 Å².